The molecule has 1 aromatic heterocycles. The van der Waals surface area contributed by atoms with Gasteiger partial charge in [-0.15, -0.1) is 0 Å². The van der Waals surface area contributed by atoms with Gasteiger partial charge in [-0.3, -0.25) is 4.79 Å². The number of fused-ring (bicyclic) bond motifs is 1. The van der Waals surface area contributed by atoms with E-state index in [1.54, 1.807) is 16.8 Å². The van der Waals surface area contributed by atoms with Gasteiger partial charge in [0.15, 0.2) is 5.97 Å². The molecule has 2 N–H and O–H groups in total. The van der Waals surface area contributed by atoms with Crippen molar-refractivity contribution < 1.29 is 29.1 Å². The topological polar surface area (TPSA) is 117 Å². The number of hydrogen-bond donors (Lipinski definition) is 2. The van der Waals surface area contributed by atoms with E-state index >= 15 is 0 Å². The highest BCUT2D eigenvalue weighted by Crippen LogP contribution is 2.17. The van der Waals surface area contributed by atoms with Crippen LogP contribution in [0.5, 0.6) is 0 Å². The van der Waals surface area contributed by atoms with Crippen LogP contribution in [0.3, 0.4) is 0 Å². The van der Waals surface area contributed by atoms with Crippen molar-refractivity contribution in [3.8, 4) is 0 Å². The Labute approximate surface area is 223 Å². The van der Waals surface area contributed by atoms with Crippen LogP contribution >= 0.6 is 11.6 Å². The smallest absolute Gasteiger partial charge is 0.351 e. The van der Waals surface area contributed by atoms with Gasteiger partial charge < -0.3 is 19.9 Å². The molecule has 0 bridgehead atoms. The molecular formula is C28H27ClFN3O5. The van der Waals surface area contributed by atoms with Crippen LogP contribution in [-0.4, -0.2) is 47.0 Å². The standard InChI is InChI=1S/C26H25ClFN3O.C2H2O4/c1-30(15-14-19-6-10-21(27)11-7-19)16-17-31-26(32)24-5-3-2-4-23(24)25(29-31)18-20-8-12-22(28)13-9-20;3-1(4)2(5)6/h2-13H,14-18H2,1H3;(H,3,4)(H,5,6). The molecule has 0 fully saturated rings. The average molecular weight is 540 g/mol. The molecule has 38 heavy (non-hydrogen) atoms. The molecule has 0 saturated carbocycles. The minimum Gasteiger partial charge on any atom is -0.539 e. The first-order valence-electron chi connectivity index (χ1n) is 11.9. The maximum atomic E-state index is 13.3. The van der Waals surface area contributed by atoms with Crippen LogP contribution in [0, 0.1) is 5.82 Å². The molecule has 0 saturated heterocycles. The molecule has 1 unspecified atom stereocenters. The highest BCUT2D eigenvalue weighted by atomic mass is 35.5. The van der Waals surface area contributed by atoms with Crippen molar-refractivity contribution in [2.24, 2.45) is 0 Å². The van der Waals surface area contributed by atoms with Crippen molar-refractivity contribution in [3.05, 3.63) is 111 Å². The number of halogens is 2. The highest BCUT2D eigenvalue weighted by Gasteiger charge is 2.13. The first-order valence-corrected chi connectivity index (χ1v) is 12.2. The Morgan fingerprint density at radius 2 is 1.55 bits per heavy atom. The molecule has 1 atom stereocenters. The van der Waals surface area contributed by atoms with Gasteiger partial charge >= 0.3 is 5.97 Å². The second-order valence-corrected chi connectivity index (χ2v) is 9.19. The number of quaternary nitrogens is 1. The number of carbonyl (C=O) groups excluding carboxylic acids is 1. The Morgan fingerprint density at radius 3 is 2.16 bits per heavy atom. The summed E-state index contributed by atoms with van der Waals surface area (Å²) in [6.07, 6.45) is 1.49. The summed E-state index contributed by atoms with van der Waals surface area (Å²) in [4.78, 5) is 32.4. The fourth-order valence-corrected chi connectivity index (χ4v) is 3.94. The lowest BCUT2D eigenvalue weighted by Gasteiger charge is -2.16. The molecule has 1 heterocycles. The molecule has 0 aliphatic carbocycles. The Bertz CT molecular complexity index is 1440. The number of carboxylic acid groups (broad SMARTS) is 2. The first-order chi connectivity index (χ1) is 18.1. The second-order valence-electron chi connectivity index (χ2n) is 8.75. The number of hydrogen-bond acceptors (Lipinski definition) is 5. The summed E-state index contributed by atoms with van der Waals surface area (Å²) in [6, 6.07) is 21.9. The van der Waals surface area contributed by atoms with E-state index in [1.165, 1.54) is 22.6 Å². The van der Waals surface area contributed by atoms with E-state index in [1.807, 2.05) is 48.5 Å². The van der Waals surface area contributed by atoms with Crippen molar-refractivity contribution in [1.82, 2.24) is 9.78 Å². The third kappa shape index (κ3) is 8.22. The second kappa shape index (κ2) is 13.5. The molecular weight excluding hydrogens is 513 g/mol. The largest absolute Gasteiger partial charge is 0.539 e. The van der Waals surface area contributed by atoms with Crippen LogP contribution in [0.1, 0.15) is 16.8 Å². The number of rotatable bonds is 8. The number of aromatic nitrogens is 2. The maximum absolute atomic E-state index is 13.3. The van der Waals surface area contributed by atoms with Gasteiger partial charge in [-0.1, -0.05) is 54.1 Å². The number of benzene rings is 3. The number of carboxylic acids is 2. The molecule has 3 aromatic carbocycles. The molecule has 0 amide bonds. The fourth-order valence-electron chi connectivity index (χ4n) is 3.81. The lowest BCUT2D eigenvalue weighted by molar-refractivity contribution is -0.880. The molecule has 4 aromatic rings. The Balaban J connectivity index is 0.000000599. The molecule has 198 valence electrons. The fraction of sp³-hybridized carbons (Fsp3) is 0.214. The number of likely N-dealkylation sites (N-methyl/N-ethyl adjacent to an activating group) is 1. The summed E-state index contributed by atoms with van der Waals surface area (Å²) >= 11 is 5.96. The van der Waals surface area contributed by atoms with Crippen LogP contribution < -0.4 is 15.6 Å². The van der Waals surface area contributed by atoms with Crippen molar-refractivity contribution >= 4 is 34.3 Å². The maximum Gasteiger partial charge on any atom is 0.351 e. The van der Waals surface area contributed by atoms with E-state index in [0.717, 1.165) is 41.2 Å². The van der Waals surface area contributed by atoms with Gasteiger partial charge in [-0.05, 0) is 41.5 Å². The normalized spacial score (nSPS) is 11.4. The third-order valence-corrected chi connectivity index (χ3v) is 6.16. The minimum atomic E-state index is -2.07. The Kier molecular flexibility index (Phi) is 10.1. The molecule has 10 heteroatoms. The van der Waals surface area contributed by atoms with E-state index in [9.17, 15) is 9.18 Å². The van der Waals surface area contributed by atoms with E-state index in [2.05, 4.69) is 7.05 Å². The molecule has 0 aliphatic heterocycles. The molecule has 4 rings (SSSR count). The van der Waals surface area contributed by atoms with Gasteiger partial charge in [0.2, 0.25) is 0 Å². The first kappa shape index (κ1) is 28.5. The van der Waals surface area contributed by atoms with E-state index in [0.29, 0.717) is 18.4 Å². The summed E-state index contributed by atoms with van der Waals surface area (Å²) in [5.41, 5.74) is 2.95. The van der Waals surface area contributed by atoms with E-state index in [4.69, 9.17) is 36.5 Å². The van der Waals surface area contributed by atoms with Gasteiger partial charge in [-0.25, -0.2) is 13.9 Å². The molecule has 8 nitrogen and oxygen atoms in total. The van der Waals surface area contributed by atoms with Gasteiger partial charge in [0.1, 0.15) is 5.82 Å². The third-order valence-electron chi connectivity index (χ3n) is 5.91. The van der Waals surface area contributed by atoms with Crippen molar-refractivity contribution in [2.75, 3.05) is 20.1 Å². The van der Waals surface area contributed by atoms with Crippen molar-refractivity contribution in [3.63, 3.8) is 0 Å². The number of nitrogens with one attached hydrogen (secondary N) is 1. The zero-order valence-corrected chi connectivity index (χ0v) is 21.5. The monoisotopic (exact) mass is 539 g/mol. The summed E-state index contributed by atoms with van der Waals surface area (Å²) in [6.45, 7) is 2.27. The predicted molar refractivity (Wildman–Crippen MR) is 140 cm³/mol. The average Bonchev–Trinajstić information content (AvgIpc) is 2.90. The minimum absolute atomic E-state index is 0.0750. The summed E-state index contributed by atoms with van der Waals surface area (Å²) in [7, 11) is 2.13. The van der Waals surface area contributed by atoms with E-state index in [-0.39, 0.29) is 11.4 Å². The zero-order valence-electron chi connectivity index (χ0n) is 20.7. The van der Waals surface area contributed by atoms with Crippen LogP contribution in [0.15, 0.2) is 77.6 Å². The zero-order chi connectivity index (χ0) is 27.7. The van der Waals surface area contributed by atoms with Crippen LogP contribution in [0.4, 0.5) is 4.39 Å². The highest BCUT2D eigenvalue weighted by molar-refractivity contribution is 6.30. The van der Waals surface area contributed by atoms with Crippen molar-refractivity contribution in [1.29, 1.82) is 0 Å². The van der Waals surface area contributed by atoms with Crippen LogP contribution in [-0.2, 0) is 29.0 Å². The van der Waals surface area contributed by atoms with E-state index < -0.39 is 11.9 Å². The predicted octanol–water partition coefficient (Wildman–Crippen LogP) is 1.36. The van der Waals surface area contributed by atoms with Gasteiger partial charge in [0, 0.05) is 23.3 Å². The Morgan fingerprint density at radius 1 is 0.974 bits per heavy atom. The molecule has 0 aliphatic rings. The lowest BCUT2D eigenvalue weighted by atomic mass is 10.0. The van der Waals surface area contributed by atoms with Crippen LogP contribution in [0.2, 0.25) is 5.02 Å². The van der Waals surface area contributed by atoms with Gasteiger partial charge in [0.05, 0.1) is 37.8 Å². The SMILES string of the molecule is C[NH+](CCc1ccc(Cl)cc1)CCn1nc(Cc2ccc(F)cc2)c2ccccc2c1=O.O=C([O-])C(=O)O. The number of aliphatic carboxylic acids is 2. The quantitative estimate of drug-likeness (QED) is 0.327. The van der Waals surface area contributed by atoms with Crippen LogP contribution in [0.25, 0.3) is 10.8 Å². The van der Waals surface area contributed by atoms with Crippen molar-refractivity contribution in [2.45, 2.75) is 19.4 Å². The molecule has 0 radical (unpaired) electrons. The lowest BCUT2D eigenvalue weighted by Crippen LogP contribution is -3.09. The number of nitrogens with zero attached hydrogens (tertiary/aromatic N) is 2. The van der Waals surface area contributed by atoms with Gasteiger partial charge in [-0.2, -0.15) is 5.10 Å². The molecule has 0 spiro atoms. The summed E-state index contributed by atoms with van der Waals surface area (Å²) < 4.78 is 14.9. The number of carbonyl (C=O) groups is 2. The summed E-state index contributed by atoms with van der Waals surface area (Å²) in [5.74, 6) is -4.27. The summed E-state index contributed by atoms with van der Waals surface area (Å²) in [5, 5.41) is 23.3. The Hall–Kier alpha value is -4.08. The van der Waals surface area contributed by atoms with Gasteiger partial charge in [0.25, 0.3) is 5.56 Å².